The van der Waals surface area contributed by atoms with Crippen molar-refractivity contribution in [3.8, 4) is 17.0 Å². The lowest BCUT2D eigenvalue weighted by atomic mass is 10.2. The zero-order valence-electron chi connectivity index (χ0n) is 18.7. The van der Waals surface area contributed by atoms with Crippen molar-refractivity contribution in [3.63, 3.8) is 0 Å². The van der Waals surface area contributed by atoms with Gasteiger partial charge in [0.1, 0.15) is 11.8 Å². The number of aryl methyl sites for hydroxylation is 1. The summed E-state index contributed by atoms with van der Waals surface area (Å²) in [5.74, 6) is 0.452. The van der Waals surface area contributed by atoms with Crippen LogP contribution in [0.5, 0.6) is 5.75 Å². The minimum absolute atomic E-state index is 0.204. The number of thiazole rings is 1. The number of benzene rings is 2. The van der Waals surface area contributed by atoms with Crippen molar-refractivity contribution >= 4 is 32.4 Å². The highest BCUT2D eigenvalue weighted by Crippen LogP contribution is 2.30. The molecule has 4 rings (SSSR count). The van der Waals surface area contributed by atoms with Gasteiger partial charge < -0.3 is 10.1 Å². The fourth-order valence-corrected chi connectivity index (χ4v) is 6.11. The van der Waals surface area contributed by atoms with Crippen LogP contribution >= 0.6 is 11.3 Å². The number of hydrogen-bond donors (Lipinski definition) is 1. The summed E-state index contributed by atoms with van der Waals surface area (Å²) >= 11 is 1.31. The van der Waals surface area contributed by atoms with Crippen LogP contribution in [-0.4, -0.2) is 42.8 Å². The van der Waals surface area contributed by atoms with E-state index in [0.717, 1.165) is 29.0 Å². The molecule has 1 fully saturated rings. The molecule has 0 saturated carbocycles. The molecule has 1 amide bonds. The Bertz CT molecular complexity index is 1210. The first-order valence-corrected chi connectivity index (χ1v) is 13.3. The van der Waals surface area contributed by atoms with Crippen LogP contribution in [0.2, 0.25) is 0 Å². The highest BCUT2D eigenvalue weighted by Gasteiger charge is 2.39. The van der Waals surface area contributed by atoms with Crippen LogP contribution in [0.25, 0.3) is 11.3 Å². The molecule has 0 spiro atoms. The van der Waals surface area contributed by atoms with Crippen LogP contribution in [0.4, 0.5) is 5.13 Å². The number of carbonyl (C=O) groups is 1. The molecular formula is C24H27N3O4S2. The smallest absolute Gasteiger partial charge is 0.244 e. The molecule has 0 aliphatic carbocycles. The maximum absolute atomic E-state index is 13.1. The second kappa shape index (κ2) is 10.0. The van der Waals surface area contributed by atoms with Gasteiger partial charge in [-0.15, -0.1) is 11.3 Å². The van der Waals surface area contributed by atoms with Crippen LogP contribution in [0, 0.1) is 6.92 Å². The Morgan fingerprint density at radius 1 is 1.18 bits per heavy atom. The summed E-state index contributed by atoms with van der Waals surface area (Å²) in [4.78, 5) is 17.7. The number of hydrogen-bond acceptors (Lipinski definition) is 6. The lowest BCUT2D eigenvalue weighted by Gasteiger charge is -2.23. The normalized spacial score (nSPS) is 16.6. The molecule has 2 heterocycles. The zero-order valence-corrected chi connectivity index (χ0v) is 20.3. The van der Waals surface area contributed by atoms with Gasteiger partial charge in [-0.1, -0.05) is 24.6 Å². The highest BCUT2D eigenvalue weighted by atomic mass is 32.2. The average Bonchev–Trinajstić information content (AvgIpc) is 3.49. The molecule has 174 valence electrons. The number of nitrogens with one attached hydrogen (secondary N) is 1. The summed E-state index contributed by atoms with van der Waals surface area (Å²) in [5.41, 5.74) is 2.64. The van der Waals surface area contributed by atoms with Gasteiger partial charge in [0.15, 0.2) is 5.13 Å². The number of amides is 1. The largest absolute Gasteiger partial charge is 0.494 e. The summed E-state index contributed by atoms with van der Waals surface area (Å²) < 4.78 is 33.1. The van der Waals surface area contributed by atoms with E-state index in [-0.39, 0.29) is 10.8 Å². The Labute approximate surface area is 198 Å². The van der Waals surface area contributed by atoms with Gasteiger partial charge in [-0.25, -0.2) is 13.4 Å². The van der Waals surface area contributed by atoms with E-state index in [1.165, 1.54) is 15.6 Å². The molecule has 1 aromatic heterocycles. The van der Waals surface area contributed by atoms with Gasteiger partial charge in [0.2, 0.25) is 15.9 Å². The van der Waals surface area contributed by atoms with E-state index < -0.39 is 16.1 Å². The van der Waals surface area contributed by atoms with Gasteiger partial charge >= 0.3 is 0 Å². The van der Waals surface area contributed by atoms with Gasteiger partial charge in [-0.05, 0) is 62.6 Å². The van der Waals surface area contributed by atoms with E-state index in [1.54, 1.807) is 24.3 Å². The summed E-state index contributed by atoms with van der Waals surface area (Å²) in [5, 5.41) is 5.13. The van der Waals surface area contributed by atoms with E-state index in [1.807, 2.05) is 36.6 Å². The summed E-state index contributed by atoms with van der Waals surface area (Å²) in [6.45, 7) is 4.95. The van der Waals surface area contributed by atoms with E-state index in [9.17, 15) is 13.2 Å². The van der Waals surface area contributed by atoms with Crippen LogP contribution in [0.3, 0.4) is 0 Å². The SMILES string of the molecule is CCCOc1ccc(-c2csc(NC(=O)C3CCCN3S(=O)(=O)c3ccc(C)cc3)n2)cc1. The first-order valence-electron chi connectivity index (χ1n) is 11.0. The summed E-state index contributed by atoms with van der Waals surface area (Å²) in [6, 6.07) is 13.6. The molecular weight excluding hydrogens is 458 g/mol. The van der Waals surface area contributed by atoms with E-state index in [2.05, 4.69) is 17.2 Å². The molecule has 2 aromatic carbocycles. The van der Waals surface area contributed by atoms with Crippen molar-refractivity contribution in [2.75, 3.05) is 18.5 Å². The van der Waals surface area contributed by atoms with Gasteiger partial charge in [0.25, 0.3) is 0 Å². The van der Waals surface area contributed by atoms with Crippen LogP contribution < -0.4 is 10.1 Å². The summed E-state index contributed by atoms with van der Waals surface area (Å²) in [6.07, 6.45) is 2.06. The molecule has 7 nitrogen and oxygen atoms in total. The Morgan fingerprint density at radius 2 is 1.91 bits per heavy atom. The fraction of sp³-hybridized carbons (Fsp3) is 0.333. The maximum Gasteiger partial charge on any atom is 0.244 e. The van der Waals surface area contributed by atoms with Crippen LogP contribution in [0.1, 0.15) is 31.7 Å². The van der Waals surface area contributed by atoms with Gasteiger partial charge in [0, 0.05) is 17.5 Å². The Hall–Kier alpha value is -2.75. The number of nitrogens with zero attached hydrogens (tertiary/aromatic N) is 2. The number of carbonyl (C=O) groups excluding carboxylic acids is 1. The van der Waals surface area contributed by atoms with Crippen molar-refractivity contribution < 1.29 is 17.9 Å². The predicted octanol–water partition coefficient (Wildman–Crippen LogP) is 4.70. The molecule has 1 saturated heterocycles. The minimum atomic E-state index is -3.75. The topological polar surface area (TPSA) is 88.6 Å². The second-order valence-corrected chi connectivity index (χ2v) is 10.7. The zero-order chi connectivity index (χ0) is 23.4. The van der Waals surface area contributed by atoms with Gasteiger partial charge in [-0.3, -0.25) is 4.79 Å². The molecule has 1 N–H and O–H groups in total. The predicted molar refractivity (Wildman–Crippen MR) is 130 cm³/mol. The number of ether oxygens (including phenoxy) is 1. The molecule has 33 heavy (non-hydrogen) atoms. The molecule has 1 aliphatic rings. The standard InChI is InChI=1S/C24H27N3O4S2/c1-3-15-31-19-10-8-18(9-11-19)21-16-32-24(25-21)26-23(28)22-5-4-14-27(22)33(29,30)20-12-6-17(2)7-13-20/h6-13,16,22H,3-5,14-15H2,1-2H3,(H,25,26,28). The second-order valence-electron chi connectivity index (χ2n) is 7.99. The Kier molecular flexibility index (Phi) is 7.11. The monoisotopic (exact) mass is 485 g/mol. The highest BCUT2D eigenvalue weighted by molar-refractivity contribution is 7.89. The third-order valence-electron chi connectivity index (χ3n) is 5.49. The first-order chi connectivity index (χ1) is 15.9. The van der Waals surface area contributed by atoms with Crippen molar-refractivity contribution in [1.82, 2.24) is 9.29 Å². The van der Waals surface area contributed by atoms with Gasteiger partial charge in [-0.2, -0.15) is 4.31 Å². The average molecular weight is 486 g/mol. The molecule has 0 radical (unpaired) electrons. The van der Waals surface area contributed by atoms with Crippen molar-refractivity contribution in [3.05, 3.63) is 59.5 Å². The lowest BCUT2D eigenvalue weighted by molar-refractivity contribution is -0.119. The third kappa shape index (κ3) is 5.26. The van der Waals surface area contributed by atoms with E-state index in [0.29, 0.717) is 31.1 Å². The Morgan fingerprint density at radius 3 is 2.61 bits per heavy atom. The van der Waals surface area contributed by atoms with E-state index in [4.69, 9.17) is 4.74 Å². The van der Waals surface area contributed by atoms with E-state index >= 15 is 0 Å². The number of anilines is 1. The van der Waals surface area contributed by atoms with Crippen LogP contribution in [-0.2, 0) is 14.8 Å². The fourth-order valence-electron chi connectivity index (χ4n) is 3.73. The summed E-state index contributed by atoms with van der Waals surface area (Å²) in [7, 11) is -3.75. The minimum Gasteiger partial charge on any atom is -0.494 e. The molecule has 1 atom stereocenters. The van der Waals surface area contributed by atoms with Gasteiger partial charge in [0.05, 0.1) is 17.2 Å². The quantitative estimate of drug-likeness (QED) is 0.500. The van der Waals surface area contributed by atoms with Crippen molar-refractivity contribution in [2.24, 2.45) is 0 Å². The molecule has 1 unspecified atom stereocenters. The van der Waals surface area contributed by atoms with Crippen molar-refractivity contribution in [2.45, 2.75) is 44.0 Å². The maximum atomic E-state index is 13.1. The molecule has 9 heteroatoms. The number of rotatable bonds is 8. The lowest BCUT2D eigenvalue weighted by Crippen LogP contribution is -2.43. The number of sulfonamides is 1. The molecule has 1 aliphatic heterocycles. The Balaban J connectivity index is 1.45. The molecule has 3 aromatic rings. The third-order valence-corrected chi connectivity index (χ3v) is 8.17. The van der Waals surface area contributed by atoms with Crippen molar-refractivity contribution in [1.29, 1.82) is 0 Å². The first kappa shape index (κ1) is 23.4. The molecule has 0 bridgehead atoms. The number of aromatic nitrogens is 1. The van der Waals surface area contributed by atoms with Crippen LogP contribution in [0.15, 0.2) is 58.8 Å².